The molecule has 1 N–H and O–H groups in total. The molecule has 6 heteroatoms. The van der Waals surface area contributed by atoms with Gasteiger partial charge >= 0.3 is 6.61 Å². The summed E-state index contributed by atoms with van der Waals surface area (Å²) in [7, 11) is 1.37. The van der Waals surface area contributed by atoms with Crippen LogP contribution in [0, 0.1) is 5.92 Å². The van der Waals surface area contributed by atoms with E-state index < -0.39 is 6.61 Å². The average molecular weight is 363 g/mol. The van der Waals surface area contributed by atoms with Crippen LogP contribution >= 0.6 is 0 Å². The Kier molecular flexibility index (Phi) is 6.95. The highest BCUT2D eigenvalue weighted by Gasteiger charge is 2.12. The lowest BCUT2D eigenvalue weighted by atomic mass is 10.0. The summed E-state index contributed by atoms with van der Waals surface area (Å²) in [6, 6.07) is 12.1. The lowest BCUT2D eigenvalue weighted by Crippen LogP contribution is -2.22. The van der Waals surface area contributed by atoms with Gasteiger partial charge in [-0.05, 0) is 47.7 Å². The van der Waals surface area contributed by atoms with Gasteiger partial charge in [0.1, 0.15) is 0 Å². The molecule has 0 unspecified atom stereocenters. The summed E-state index contributed by atoms with van der Waals surface area (Å²) in [6.07, 6.45) is 0.967. The van der Waals surface area contributed by atoms with Crippen LogP contribution in [0.1, 0.15) is 35.3 Å². The molecule has 0 spiro atoms. The summed E-state index contributed by atoms with van der Waals surface area (Å²) in [5, 5.41) is 2.80. The lowest BCUT2D eigenvalue weighted by molar-refractivity contribution is -0.0512. The fourth-order valence-electron chi connectivity index (χ4n) is 2.56. The van der Waals surface area contributed by atoms with E-state index >= 15 is 0 Å². The van der Waals surface area contributed by atoms with Crippen LogP contribution in [0.25, 0.3) is 0 Å². The van der Waals surface area contributed by atoms with Gasteiger partial charge in [0.25, 0.3) is 5.91 Å². The van der Waals surface area contributed by atoms with Gasteiger partial charge in [-0.1, -0.05) is 32.0 Å². The molecule has 2 aromatic carbocycles. The van der Waals surface area contributed by atoms with E-state index in [0.29, 0.717) is 17.0 Å². The van der Waals surface area contributed by atoms with Gasteiger partial charge in [-0.3, -0.25) is 4.79 Å². The topological polar surface area (TPSA) is 47.6 Å². The Balaban J connectivity index is 1.98. The van der Waals surface area contributed by atoms with Crippen molar-refractivity contribution in [1.29, 1.82) is 0 Å². The van der Waals surface area contributed by atoms with Crippen molar-refractivity contribution in [1.82, 2.24) is 5.32 Å². The van der Waals surface area contributed by atoms with Crippen molar-refractivity contribution >= 4 is 5.91 Å². The molecule has 0 heterocycles. The summed E-state index contributed by atoms with van der Waals surface area (Å²) < 4.78 is 34.1. The Morgan fingerprint density at radius 1 is 1.04 bits per heavy atom. The molecule has 26 heavy (non-hydrogen) atoms. The second-order valence-electron chi connectivity index (χ2n) is 6.34. The van der Waals surface area contributed by atoms with Crippen LogP contribution < -0.4 is 14.8 Å². The third-order valence-corrected chi connectivity index (χ3v) is 3.76. The number of hydrogen-bond donors (Lipinski definition) is 1. The van der Waals surface area contributed by atoms with E-state index in [1.165, 1.54) is 18.7 Å². The van der Waals surface area contributed by atoms with Crippen molar-refractivity contribution in [2.24, 2.45) is 5.92 Å². The highest BCUT2D eigenvalue weighted by molar-refractivity contribution is 5.94. The zero-order valence-electron chi connectivity index (χ0n) is 15.1. The summed E-state index contributed by atoms with van der Waals surface area (Å²) in [5.41, 5.74) is 2.48. The Morgan fingerprint density at radius 2 is 1.69 bits per heavy atom. The molecule has 0 aliphatic rings. The average Bonchev–Trinajstić information content (AvgIpc) is 2.60. The van der Waals surface area contributed by atoms with E-state index in [0.717, 1.165) is 6.42 Å². The highest BCUT2D eigenvalue weighted by atomic mass is 19.3. The second-order valence-corrected chi connectivity index (χ2v) is 6.34. The van der Waals surface area contributed by atoms with Gasteiger partial charge in [0.05, 0.1) is 7.11 Å². The second kappa shape index (κ2) is 9.17. The molecule has 0 bridgehead atoms. The van der Waals surface area contributed by atoms with Gasteiger partial charge in [0, 0.05) is 12.1 Å². The maximum absolute atomic E-state index is 12.3. The standard InChI is InChI=1S/C20H23F2NO3/c1-13(2)10-14-4-7-16(8-5-14)19(24)23-12-15-6-9-17(26-20(21)22)18(11-15)25-3/h4-9,11,13,20H,10,12H2,1-3H3,(H,23,24). The molecule has 0 saturated heterocycles. The van der Waals surface area contributed by atoms with Crippen molar-refractivity contribution in [3.05, 3.63) is 59.2 Å². The summed E-state index contributed by atoms with van der Waals surface area (Å²) in [5.74, 6) is 0.503. The third-order valence-electron chi connectivity index (χ3n) is 3.76. The molecular weight excluding hydrogens is 340 g/mol. The minimum absolute atomic E-state index is 0.0432. The largest absolute Gasteiger partial charge is 0.493 e. The Bertz CT molecular complexity index is 730. The summed E-state index contributed by atoms with van der Waals surface area (Å²) in [6.45, 7) is 1.62. The van der Waals surface area contributed by atoms with E-state index in [2.05, 4.69) is 23.9 Å². The predicted octanol–water partition coefficient (Wildman–Crippen LogP) is 4.43. The van der Waals surface area contributed by atoms with Crippen LogP contribution in [0.4, 0.5) is 8.78 Å². The first-order chi connectivity index (χ1) is 12.4. The first kappa shape index (κ1) is 19.7. The minimum atomic E-state index is -2.92. The first-order valence-corrected chi connectivity index (χ1v) is 8.38. The minimum Gasteiger partial charge on any atom is -0.493 e. The molecule has 1 amide bonds. The molecule has 0 atom stereocenters. The van der Waals surface area contributed by atoms with Gasteiger partial charge in [0.2, 0.25) is 0 Å². The molecular formula is C20H23F2NO3. The van der Waals surface area contributed by atoms with Crippen LogP contribution in [0.5, 0.6) is 11.5 Å². The predicted molar refractivity (Wildman–Crippen MR) is 95.8 cm³/mol. The van der Waals surface area contributed by atoms with Crippen LogP contribution in [0.3, 0.4) is 0 Å². The van der Waals surface area contributed by atoms with Crippen LogP contribution in [-0.4, -0.2) is 19.6 Å². The zero-order chi connectivity index (χ0) is 19.1. The van der Waals surface area contributed by atoms with Crippen molar-refractivity contribution in [3.63, 3.8) is 0 Å². The van der Waals surface area contributed by atoms with Gasteiger partial charge in [-0.25, -0.2) is 0 Å². The molecule has 4 nitrogen and oxygen atoms in total. The molecule has 0 aliphatic carbocycles. The van der Waals surface area contributed by atoms with Crippen LogP contribution in [0.15, 0.2) is 42.5 Å². The molecule has 2 rings (SSSR count). The zero-order valence-corrected chi connectivity index (χ0v) is 15.1. The van der Waals surface area contributed by atoms with E-state index in [9.17, 15) is 13.6 Å². The number of carbonyl (C=O) groups is 1. The monoisotopic (exact) mass is 363 g/mol. The quantitative estimate of drug-likeness (QED) is 0.755. The number of benzene rings is 2. The molecule has 0 fully saturated rings. The normalized spacial score (nSPS) is 10.9. The van der Waals surface area contributed by atoms with Crippen molar-refractivity contribution in [3.8, 4) is 11.5 Å². The summed E-state index contributed by atoms with van der Waals surface area (Å²) in [4.78, 5) is 12.3. The van der Waals surface area contributed by atoms with Crippen LogP contribution in [0.2, 0.25) is 0 Å². The maximum atomic E-state index is 12.3. The Morgan fingerprint density at radius 3 is 2.27 bits per heavy atom. The van der Waals surface area contributed by atoms with E-state index in [-0.39, 0.29) is 24.0 Å². The van der Waals surface area contributed by atoms with Crippen molar-refractivity contribution in [2.75, 3.05) is 7.11 Å². The SMILES string of the molecule is COc1cc(CNC(=O)c2ccc(CC(C)C)cc2)ccc1OC(F)F. The molecule has 2 aromatic rings. The number of amides is 1. The summed E-state index contributed by atoms with van der Waals surface area (Å²) >= 11 is 0. The van der Waals surface area contributed by atoms with E-state index in [1.807, 2.05) is 12.1 Å². The van der Waals surface area contributed by atoms with Crippen LogP contribution in [-0.2, 0) is 13.0 Å². The first-order valence-electron chi connectivity index (χ1n) is 8.38. The number of hydrogen-bond acceptors (Lipinski definition) is 3. The maximum Gasteiger partial charge on any atom is 0.387 e. The van der Waals surface area contributed by atoms with Gasteiger partial charge in [-0.15, -0.1) is 0 Å². The van der Waals surface area contributed by atoms with Crippen molar-refractivity contribution < 1.29 is 23.0 Å². The lowest BCUT2D eigenvalue weighted by Gasteiger charge is -2.12. The Hall–Kier alpha value is -2.63. The van der Waals surface area contributed by atoms with Gasteiger partial charge < -0.3 is 14.8 Å². The molecule has 140 valence electrons. The van der Waals surface area contributed by atoms with Crippen molar-refractivity contribution in [2.45, 2.75) is 33.4 Å². The number of carbonyl (C=O) groups excluding carboxylic acids is 1. The third kappa shape index (κ3) is 5.72. The molecule has 0 radical (unpaired) electrons. The number of alkyl halides is 2. The number of methoxy groups -OCH3 is 1. The molecule has 0 saturated carbocycles. The number of nitrogens with one attached hydrogen (secondary N) is 1. The molecule has 0 aliphatic heterocycles. The Labute approximate surface area is 152 Å². The fraction of sp³-hybridized carbons (Fsp3) is 0.350. The van der Waals surface area contributed by atoms with E-state index in [1.54, 1.807) is 24.3 Å². The van der Waals surface area contributed by atoms with Gasteiger partial charge in [-0.2, -0.15) is 8.78 Å². The highest BCUT2D eigenvalue weighted by Crippen LogP contribution is 2.29. The fourth-order valence-corrected chi connectivity index (χ4v) is 2.56. The van der Waals surface area contributed by atoms with Gasteiger partial charge in [0.15, 0.2) is 11.5 Å². The number of rotatable bonds is 8. The number of ether oxygens (including phenoxy) is 2. The molecule has 0 aromatic heterocycles. The number of halogens is 2. The smallest absolute Gasteiger partial charge is 0.387 e. The van der Waals surface area contributed by atoms with E-state index in [4.69, 9.17) is 4.74 Å².